The first-order valence-corrected chi connectivity index (χ1v) is 12.3. The van der Waals surface area contributed by atoms with E-state index in [4.69, 9.17) is 4.74 Å². The zero-order chi connectivity index (χ0) is 25.3. The fourth-order valence-corrected chi connectivity index (χ4v) is 4.24. The normalized spacial score (nSPS) is 14.7. The van der Waals surface area contributed by atoms with Crippen LogP contribution in [-0.2, 0) is 22.6 Å². The number of amides is 2. The molecule has 2 N–H and O–H groups in total. The molecule has 1 aliphatic heterocycles. The monoisotopic (exact) mass is 486 g/mol. The van der Waals surface area contributed by atoms with Crippen LogP contribution in [0.2, 0.25) is 0 Å². The molecule has 4 rings (SSSR count). The molecule has 0 aliphatic carbocycles. The second-order valence-corrected chi connectivity index (χ2v) is 9.23. The van der Waals surface area contributed by atoms with Crippen LogP contribution in [-0.4, -0.2) is 56.2 Å². The van der Waals surface area contributed by atoms with Crippen LogP contribution in [0.25, 0.3) is 0 Å². The molecule has 0 bridgehead atoms. The maximum Gasteiger partial charge on any atom is 0.408 e. The predicted octanol–water partition coefficient (Wildman–Crippen LogP) is 4.22. The van der Waals surface area contributed by atoms with Crippen LogP contribution in [0.3, 0.4) is 0 Å². The van der Waals surface area contributed by atoms with Gasteiger partial charge in [-0.3, -0.25) is 4.79 Å². The summed E-state index contributed by atoms with van der Waals surface area (Å²) >= 11 is 0. The number of rotatable bonds is 8. The van der Waals surface area contributed by atoms with E-state index in [0.29, 0.717) is 6.42 Å². The molecule has 0 radical (unpaired) electrons. The molecule has 0 aromatic heterocycles. The van der Waals surface area contributed by atoms with E-state index in [9.17, 15) is 9.59 Å². The quantitative estimate of drug-likeness (QED) is 0.499. The molecular formula is C29H34N4O3. The molecule has 0 spiro atoms. The Bertz CT molecular complexity index is 1150. The number of benzene rings is 3. The van der Waals surface area contributed by atoms with Gasteiger partial charge in [0.15, 0.2) is 0 Å². The van der Waals surface area contributed by atoms with Crippen LogP contribution >= 0.6 is 0 Å². The van der Waals surface area contributed by atoms with Crippen LogP contribution in [0.1, 0.15) is 16.7 Å². The molecule has 3 aromatic carbocycles. The highest BCUT2D eigenvalue weighted by atomic mass is 16.5. The summed E-state index contributed by atoms with van der Waals surface area (Å²) < 4.78 is 5.37. The summed E-state index contributed by atoms with van der Waals surface area (Å²) in [6.45, 7) is 6.16. The summed E-state index contributed by atoms with van der Waals surface area (Å²) in [4.78, 5) is 30.6. The summed E-state index contributed by atoms with van der Waals surface area (Å²) in [5.74, 6) is -0.286. The highest BCUT2D eigenvalue weighted by Crippen LogP contribution is 2.24. The van der Waals surface area contributed by atoms with E-state index >= 15 is 0 Å². The van der Waals surface area contributed by atoms with Crippen molar-refractivity contribution in [3.8, 4) is 0 Å². The minimum absolute atomic E-state index is 0.138. The number of ether oxygens (including phenoxy) is 1. The Balaban J connectivity index is 1.42. The van der Waals surface area contributed by atoms with Gasteiger partial charge in [0.05, 0.1) is 0 Å². The summed E-state index contributed by atoms with van der Waals surface area (Å²) in [6, 6.07) is 24.4. The topological polar surface area (TPSA) is 73.9 Å². The second kappa shape index (κ2) is 12.2. The predicted molar refractivity (Wildman–Crippen MR) is 143 cm³/mol. The number of carbonyl (C=O) groups excluding carboxylic acids is 2. The molecule has 36 heavy (non-hydrogen) atoms. The standard InChI is InChI=1S/C29H34N4O3/c1-22-19-25(33-17-15-32(2)16-18-33)13-14-26(22)30-28(34)27(20-23-9-5-3-6-10-23)31-29(35)36-21-24-11-7-4-8-12-24/h3-14,19,27H,15-18,20-21H2,1-2H3,(H,30,34)(H,31,35)/t27-/m0/s1. The van der Waals surface area contributed by atoms with Crippen molar-refractivity contribution in [1.82, 2.24) is 10.2 Å². The van der Waals surface area contributed by atoms with Crippen LogP contribution in [0, 0.1) is 6.92 Å². The summed E-state index contributed by atoms with van der Waals surface area (Å²) in [6.07, 6.45) is -0.275. The number of likely N-dealkylation sites (N-methyl/N-ethyl adjacent to an activating group) is 1. The van der Waals surface area contributed by atoms with Crippen molar-refractivity contribution >= 4 is 23.4 Å². The lowest BCUT2D eigenvalue weighted by Gasteiger charge is -2.34. The van der Waals surface area contributed by atoms with Gasteiger partial charge < -0.3 is 25.2 Å². The lowest BCUT2D eigenvalue weighted by molar-refractivity contribution is -0.118. The molecule has 1 saturated heterocycles. The third-order valence-corrected chi connectivity index (χ3v) is 6.44. The van der Waals surface area contributed by atoms with E-state index in [1.807, 2.05) is 79.7 Å². The zero-order valence-electron chi connectivity index (χ0n) is 20.9. The number of hydrogen-bond donors (Lipinski definition) is 2. The van der Waals surface area contributed by atoms with Gasteiger partial charge in [-0.05, 0) is 48.9 Å². The van der Waals surface area contributed by atoms with Crippen molar-refractivity contribution in [2.75, 3.05) is 43.4 Å². The van der Waals surface area contributed by atoms with Crippen LogP contribution in [0.5, 0.6) is 0 Å². The molecule has 2 amide bonds. The number of aryl methyl sites for hydroxylation is 1. The summed E-state index contributed by atoms with van der Waals surface area (Å²) in [5.41, 5.74) is 4.69. The molecular weight excluding hydrogens is 452 g/mol. The lowest BCUT2D eigenvalue weighted by atomic mass is 10.0. The second-order valence-electron chi connectivity index (χ2n) is 9.23. The van der Waals surface area contributed by atoms with Crippen molar-refractivity contribution < 1.29 is 14.3 Å². The first kappa shape index (κ1) is 25.3. The highest BCUT2D eigenvalue weighted by molar-refractivity contribution is 5.97. The maximum absolute atomic E-state index is 13.3. The number of hydrogen-bond acceptors (Lipinski definition) is 5. The van der Waals surface area contributed by atoms with Gasteiger partial charge in [0.2, 0.25) is 5.91 Å². The number of nitrogens with zero attached hydrogens (tertiary/aromatic N) is 2. The molecule has 7 heteroatoms. The van der Waals surface area contributed by atoms with Gasteiger partial charge in [0.25, 0.3) is 0 Å². The van der Waals surface area contributed by atoms with Crippen LogP contribution in [0.4, 0.5) is 16.2 Å². The van der Waals surface area contributed by atoms with E-state index in [2.05, 4.69) is 33.5 Å². The fourth-order valence-electron chi connectivity index (χ4n) is 4.24. The lowest BCUT2D eigenvalue weighted by Crippen LogP contribution is -2.45. The Hall–Kier alpha value is -3.84. The molecule has 3 aromatic rings. The Morgan fingerprint density at radius 2 is 1.53 bits per heavy atom. The van der Waals surface area contributed by atoms with E-state index < -0.39 is 12.1 Å². The van der Waals surface area contributed by atoms with Crippen LogP contribution < -0.4 is 15.5 Å². The SMILES string of the molecule is Cc1cc(N2CCN(C)CC2)ccc1NC(=O)[C@H](Cc1ccccc1)NC(=O)OCc1ccccc1. The smallest absolute Gasteiger partial charge is 0.408 e. The molecule has 0 saturated carbocycles. The average molecular weight is 487 g/mol. The Morgan fingerprint density at radius 3 is 2.17 bits per heavy atom. The molecule has 0 unspecified atom stereocenters. The third-order valence-electron chi connectivity index (χ3n) is 6.44. The van der Waals surface area contributed by atoms with Gasteiger partial charge in [0.1, 0.15) is 12.6 Å². The number of alkyl carbamates (subject to hydrolysis) is 1. The van der Waals surface area contributed by atoms with E-state index in [1.165, 1.54) is 0 Å². The van der Waals surface area contributed by atoms with E-state index in [-0.39, 0.29) is 12.5 Å². The van der Waals surface area contributed by atoms with Gasteiger partial charge in [-0.2, -0.15) is 0 Å². The summed E-state index contributed by atoms with van der Waals surface area (Å²) in [5, 5.41) is 5.77. The Labute approximate surface area is 213 Å². The van der Waals surface area contributed by atoms with Gasteiger partial charge >= 0.3 is 6.09 Å². The van der Waals surface area contributed by atoms with Gasteiger partial charge in [-0.15, -0.1) is 0 Å². The molecule has 188 valence electrons. The fraction of sp³-hybridized carbons (Fsp3) is 0.310. The first-order chi connectivity index (χ1) is 17.5. The highest BCUT2D eigenvalue weighted by Gasteiger charge is 2.23. The van der Waals surface area contributed by atoms with Crippen molar-refractivity contribution in [2.24, 2.45) is 0 Å². The number of anilines is 2. The van der Waals surface area contributed by atoms with Gasteiger partial charge in [-0.1, -0.05) is 60.7 Å². The van der Waals surface area contributed by atoms with E-state index in [0.717, 1.165) is 54.2 Å². The van der Waals surface area contributed by atoms with Gasteiger partial charge in [0, 0.05) is 44.0 Å². The maximum atomic E-state index is 13.3. The van der Waals surface area contributed by atoms with Crippen molar-refractivity contribution in [2.45, 2.75) is 26.0 Å². The van der Waals surface area contributed by atoms with E-state index in [1.54, 1.807) is 0 Å². The largest absolute Gasteiger partial charge is 0.445 e. The third kappa shape index (κ3) is 7.09. The average Bonchev–Trinajstić information content (AvgIpc) is 2.90. The molecule has 1 heterocycles. The number of carbonyl (C=O) groups is 2. The minimum atomic E-state index is -0.785. The first-order valence-electron chi connectivity index (χ1n) is 12.3. The van der Waals surface area contributed by atoms with Crippen molar-refractivity contribution in [1.29, 1.82) is 0 Å². The number of piperazine rings is 1. The Kier molecular flexibility index (Phi) is 8.57. The Morgan fingerprint density at radius 1 is 0.889 bits per heavy atom. The van der Waals surface area contributed by atoms with Gasteiger partial charge in [-0.25, -0.2) is 4.79 Å². The minimum Gasteiger partial charge on any atom is -0.445 e. The zero-order valence-corrected chi connectivity index (χ0v) is 20.9. The molecule has 1 atom stereocenters. The molecule has 1 fully saturated rings. The molecule has 7 nitrogen and oxygen atoms in total. The number of nitrogens with one attached hydrogen (secondary N) is 2. The van der Waals surface area contributed by atoms with Crippen LogP contribution in [0.15, 0.2) is 78.9 Å². The molecule has 1 aliphatic rings. The summed E-state index contributed by atoms with van der Waals surface area (Å²) in [7, 11) is 2.14. The van der Waals surface area contributed by atoms with Crippen molar-refractivity contribution in [3.63, 3.8) is 0 Å². The van der Waals surface area contributed by atoms with Crippen molar-refractivity contribution in [3.05, 3.63) is 95.6 Å².